The van der Waals surface area contributed by atoms with E-state index in [9.17, 15) is 19.7 Å². The average molecular weight is 586 g/mol. The highest BCUT2D eigenvalue weighted by Gasteiger charge is 2.20. The zero-order valence-electron chi connectivity index (χ0n) is 24.8. The smallest absolute Gasteiger partial charge is 0.336 e. The van der Waals surface area contributed by atoms with Crippen molar-refractivity contribution in [3.63, 3.8) is 0 Å². The largest absolute Gasteiger partial charge is 0.494 e. The number of nitro benzene ring substituents is 1. The summed E-state index contributed by atoms with van der Waals surface area (Å²) in [5.41, 5.74) is 1.14. The van der Waals surface area contributed by atoms with Gasteiger partial charge in [0, 0.05) is 17.7 Å². The van der Waals surface area contributed by atoms with Crippen molar-refractivity contribution in [3.8, 4) is 17.2 Å². The molecule has 0 saturated carbocycles. The lowest BCUT2D eigenvalue weighted by atomic mass is 10.1. The molecule has 0 bridgehead atoms. The zero-order valence-corrected chi connectivity index (χ0v) is 24.8. The highest BCUT2D eigenvalue weighted by molar-refractivity contribution is 6.07. The van der Waals surface area contributed by atoms with E-state index in [4.69, 9.17) is 14.2 Å². The normalized spacial score (nSPS) is 11.1. The molecular formula is C35H39NO7. The third-order valence-electron chi connectivity index (χ3n) is 6.53. The van der Waals surface area contributed by atoms with Gasteiger partial charge < -0.3 is 14.2 Å². The lowest BCUT2D eigenvalue weighted by Crippen LogP contribution is -2.07. The predicted molar refractivity (Wildman–Crippen MR) is 169 cm³/mol. The second-order valence-corrected chi connectivity index (χ2v) is 9.99. The Hall–Kier alpha value is -4.72. The molecule has 0 spiro atoms. The molecule has 0 aromatic heterocycles. The van der Waals surface area contributed by atoms with Crippen molar-refractivity contribution >= 4 is 29.6 Å². The summed E-state index contributed by atoms with van der Waals surface area (Å²) in [7, 11) is 0. The van der Waals surface area contributed by atoms with E-state index in [1.165, 1.54) is 43.5 Å². The Balaban J connectivity index is 1.56. The SMILES string of the molecule is CCCCCCCOc1ccc(/C=C/C(=O)c2ccc(OC(=O)/C=C/c3ccc(OCCCC)cc3)c([N+](=O)[O-])c2)cc1. The van der Waals surface area contributed by atoms with Crippen LogP contribution in [0, 0.1) is 10.1 Å². The molecule has 0 heterocycles. The number of allylic oxidation sites excluding steroid dienone is 1. The van der Waals surface area contributed by atoms with E-state index in [1.807, 2.05) is 24.3 Å². The van der Waals surface area contributed by atoms with Gasteiger partial charge in [0.05, 0.1) is 18.1 Å². The second-order valence-electron chi connectivity index (χ2n) is 9.99. The van der Waals surface area contributed by atoms with E-state index < -0.39 is 22.4 Å². The van der Waals surface area contributed by atoms with Crippen molar-refractivity contribution in [2.45, 2.75) is 58.8 Å². The molecule has 3 aromatic carbocycles. The van der Waals surface area contributed by atoms with Gasteiger partial charge in [-0.1, -0.05) is 76.3 Å². The fraction of sp³-hybridized carbons (Fsp3) is 0.314. The summed E-state index contributed by atoms with van der Waals surface area (Å²) < 4.78 is 16.6. The maximum absolute atomic E-state index is 12.7. The molecule has 0 aliphatic carbocycles. The van der Waals surface area contributed by atoms with Crippen LogP contribution in [-0.4, -0.2) is 29.9 Å². The van der Waals surface area contributed by atoms with Crippen molar-refractivity contribution < 1.29 is 28.7 Å². The van der Waals surface area contributed by atoms with Crippen LogP contribution in [0.5, 0.6) is 17.2 Å². The first kappa shape index (κ1) is 32.8. The van der Waals surface area contributed by atoms with Crippen LogP contribution in [0.4, 0.5) is 5.69 Å². The Kier molecular flexibility index (Phi) is 13.7. The zero-order chi connectivity index (χ0) is 30.9. The number of carbonyl (C=O) groups excluding carboxylic acids is 2. The Morgan fingerprint density at radius 1 is 0.721 bits per heavy atom. The summed E-state index contributed by atoms with van der Waals surface area (Å²) in [5, 5.41) is 11.7. The maximum Gasteiger partial charge on any atom is 0.336 e. The lowest BCUT2D eigenvalue weighted by molar-refractivity contribution is -0.385. The topological polar surface area (TPSA) is 105 Å². The minimum absolute atomic E-state index is 0.0996. The first-order valence-electron chi connectivity index (χ1n) is 14.8. The molecule has 0 radical (unpaired) electrons. The number of ketones is 1. The van der Waals surface area contributed by atoms with Gasteiger partial charge in [-0.05, 0) is 72.5 Å². The minimum Gasteiger partial charge on any atom is -0.494 e. The Labute approximate surface area is 253 Å². The molecule has 8 heteroatoms. The highest BCUT2D eigenvalue weighted by Crippen LogP contribution is 2.29. The molecule has 3 aromatic rings. The summed E-state index contributed by atoms with van der Waals surface area (Å²) in [6, 6.07) is 18.3. The maximum atomic E-state index is 12.7. The number of nitro groups is 1. The molecular weight excluding hydrogens is 546 g/mol. The van der Waals surface area contributed by atoms with Crippen LogP contribution in [0.15, 0.2) is 78.9 Å². The van der Waals surface area contributed by atoms with Gasteiger partial charge >= 0.3 is 11.7 Å². The molecule has 0 fully saturated rings. The molecule has 0 aliphatic rings. The van der Waals surface area contributed by atoms with E-state index >= 15 is 0 Å². The van der Waals surface area contributed by atoms with Gasteiger partial charge in [-0.3, -0.25) is 14.9 Å². The van der Waals surface area contributed by atoms with Crippen molar-refractivity contribution in [2.24, 2.45) is 0 Å². The number of benzene rings is 3. The number of esters is 1. The predicted octanol–water partition coefficient (Wildman–Crippen LogP) is 8.64. The first-order valence-corrected chi connectivity index (χ1v) is 14.8. The molecule has 0 unspecified atom stereocenters. The number of nitrogens with zero attached hydrogens (tertiary/aromatic N) is 1. The second kappa shape index (κ2) is 18.0. The molecule has 0 saturated heterocycles. The van der Waals surface area contributed by atoms with E-state index in [-0.39, 0.29) is 11.3 Å². The number of hydrogen-bond donors (Lipinski definition) is 0. The third-order valence-corrected chi connectivity index (χ3v) is 6.53. The summed E-state index contributed by atoms with van der Waals surface area (Å²) in [4.78, 5) is 36.1. The molecule has 226 valence electrons. The van der Waals surface area contributed by atoms with Crippen LogP contribution >= 0.6 is 0 Å². The lowest BCUT2D eigenvalue weighted by Gasteiger charge is -2.06. The Morgan fingerprint density at radius 2 is 1.28 bits per heavy atom. The van der Waals surface area contributed by atoms with E-state index in [2.05, 4.69) is 13.8 Å². The molecule has 0 amide bonds. The van der Waals surface area contributed by atoms with Gasteiger partial charge in [0.25, 0.3) is 0 Å². The number of ether oxygens (including phenoxy) is 3. The van der Waals surface area contributed by atoms with Gasteiger partial charge in [-0.25, -0.2) is 4.79 Å². The third kappa shape index (κ3) is 11.6. The van der Waals surface area contributed by atoms with Crippen molar-refractivity contribution in [2.75, 3.05) is 13.2 Å². The van der Waals surface area contributed by atoms with Crippen molar-refractivity contribution in [1.29, 1.82) is 0 Å². The number of rotatable bonds is 18. The Bertz CT molecular complexity index is 1390. The van der Waals surface area contributed by atoms with Gasteiger partial charge in [0.2, 0.25) is 5.75 Å². The number of hydrogen-bond acceptors (Lipinski definition) is 7. The van der Waals surface area contributed by atoms with Crippen molar-refractivity contribution in [3.05, 3.63) is 106 Å². The van der Waals surface area contributed by atoms with Gasteiger partial charge in [-0.15, -0.1) is 0 Å². The van der Waals surface area contributed by atoms with Crippen molar-refractivity contribution in [1.82, 2.24) is 0 Å². The summed E-state index contributed by atoms with van der Waals surface area (Å²) in [6.45, 7) is 5.58. The van der Waals surface area contributed by atoms with Crippen LogP contribution < -0.4 is 14.2 Å². The van der Waals surface area contributed by atoms with Crippen LogP contribution in [0.1, 0.15) is 80.3 Å². The molecule has 0 aliphatic heterocycles. The highest BCUT2D eigenvalue weighted by atomic mass is 16.6. The minimum atomic E-state index is -0.783. The monoisotopic (exact) mass is 585 g/mol. The molecule has 43 heavy (non-hydrogen) atoms. The van der Waals surface area contributed by atoms with Crippen LogP contribution in [0.3, 0.4) is 0 Å². The van der Waals surface area contributed by atoms with Gasteiger partial charge in [0.1, 0.15) is 11.5 Å². The molecule has 0 N–H and O–H groups in total. The van der Waals surface area contributed by atoms with Crippen LogP contribution in [-0.2, 0) is 4.79 Å². The van der Waals surface area contributed by atoms with E-state index in [0.29, 0.717) is 13.2 Å². The number of carbonyl (C=O) groups is 2. The quantitative estimate of drug-likeness (QED) is 0.0280. The van der Waals surface area contributed by atoms with Crippen LogP contribution in [0.25, 0.3) is 12.2 Å². The van der Waals surface area contributed by atoms with E-state index in [0.717, 1.165) is 54.4 Å². The summed E-state index contributed by atoms with van der Waals surface area (Å²) in [5.74, 6) is 0.0462. The van der Waals surface area contributed by atoms with Gasteiger partial charge in [-0.2, -0.15) is 0 Å². The summed E-state index contributed by atoms with van der Waals surface area (Å²) >= 11 is 0. The number of unbranched alkanes of at least 4 members (excludes halogenated alkanes) is 5. The fourth-order valence-electron chi connectivity index (χ4n) is 4.05. The molecule has 3 rings (SSSR count). The average Bonchev–Trinajstić information content (AvgIpc) is 3.02. The van der Waals surface area contributed by atoms with Gasteiger partial charge in [0.15, 0.2) is 5.78 Å². The summed E-state index contributed by atoms with van der Waals surface area (Å²) in [6.07, 6.45) is 13.6. The Morgan fingerprint density at radius 3 is 1.86 bits per heavy atom. The first-order chi connectivity index (χ1) is 20.9. The molecule has 8 nitrogen and oxygen atoms in total. The fourth-order valence-corrected chi connectivity index (χ4v) is 4.05. The standard InChI is InChI=1S/C35H39NO7/c1-3-5-7-8-9-25-42-31-17-10-27(11-18-31)14-21-33(37)29-16-22-34(32(26-29)36(39)40)43-35(38)23-15-28-12-19-30(20-13-28)41-24-6-4-2/h10-23,26H,3-9,24-25H2,1-2H3/b21-14+,23-15+. The van der Waals surface area contributed by atoms with Crippen LogP contribution in [0.2, 0.25) is 0 Å². The van der Waals surface area contributed by atoms with E-state index in [1.54, 1.807) is 36.4 Å². The molecule has 0 atom stereocenters.